The second kappa shape index (κ2) is 8.20. The molecule has 25 heavy (non-hydrogen) atoms. The normalized spacial score (nSPS) is 11.0. The van der Waals surface area contributed by atoms with E-state index in [1.54, 1.807) is 18.2 Å². The van der Waals surface area contributed by atoms with Gasteiger partial charge in [0.1, 0.15) is 10.9 Å². The van der Waals surface area contributed by atoms with Crippen LogP contribution in [-0.4, -0.2) is 17.1 Å². The Morgan fingerprint density at radius 1 is 1.16 bits per heavy atom. The molecular weight excluding hydrogens is 381 g/mol. The van der Waals surface area contributed by atoms with Crippen molar-refractivity contribution in [2.24, 2.45) is 5.10 Å². The van der Waals surface area contributed by atoms with Gasteiger partial charge < -0.3 is 4.42 Å². The Labute approximate surface area is 158 Å². The number of halogens is 2. The van der Waals surface area contributed by atoms with Crippen molar-refractivity contribution >= 4 is 47.1 Å². The maximum atomic E-state index is 11.9. The first kappa shape index (κ1) is 17.5. The largest absolute Gasteiger partial charge is 0.448 e. The first-order valence-corrected chi connectivity index (χ1v) is 8.66. The molecule has 0 saturated heterocycles. The van der Waals surface area contributed by atoms with E-state index in [1.807, 2.05) is 30.3 Å². The van der Waals surface area contributed by atoms with E-state index in [9.17, 15) is 4.79 Å². The molecule has 0 unspecified atom stereocenters. The van der Waals surface area contributed by atoms with E-state index < -0.39 is 5.91 Å². The fraction of sp³-hybridized carbons (Fsp3) is 0. The molecule has 0 spiro atoms. The molecule has 2 aromatic heterocycles. The second-order valence-corrected chi connectivity index (χ2v) is 6.63. The van der Waals surface area contributed by atoms with Gasteiger partial charge in [-0.3, -0.25) is 4.79 Å². The summed E-state index contributed by atoms with van der Waals surface area (Å²) in [6.45, 7) is 0. The number of nitrogens with one attached hydrogen (secondary N) is 1. The molecule has 0 bridgehead atoms. The van der Waals surface area contributed by atoms with Gasteiger partial charge in [0.05, 0.1) is 11.8 Å². The van der Waals surface area contributed by atoms with Gasteiger partial charge in [0.15, 0.2) is 5.09 Å². The van der Waals surface area contributed by atoms with Crippen LogP contribution in [0.25, 0.3) is 0 Å². The zero-order valence-corrected chi connectivity index (χ0v) is 15.0. The van der Waals surface area contributed by atoms with Gasteiger partial charge in [-0.1, -0.05) is 35.0 Å². The fourth-order valence-electron chi connectivity index (χ4n) is 1.85. The standard InChI is InChI=1S/C17H11Cl2N3O2S/c18-11-3-6-13(7-4-11)25-15-8-5-12(24-15)10-21-22-17(23)14-2-1-9-20-16(14)19/h1-10H,(H,22,23). The number of pyridine rings is 1. The summed E-state index contributed by atoms with van der Waals surface area (Å²) in [5.74, 6) is 0.0608. The lowest BCUT2D eigenvalue weighted by Crippen LogP contribution is -2.18. The molecule has 0 aliphatic heterocycles. The third-order valence-electron chi connectivity index (χ3n) is 3.00. The highest BCUT2D eigenvalue weighted by molar-refractivity contribution is 7.99. The molecule has 8 heteroatoms. The van der Waals surface area contributed by atoms with E-state index in [1.165, 1.54) is 24.2 Å². The number of hydrogen-bond donors (Lipinski definition) is 1. The SMILES string of the molecule is O=C(NN=Cc1ccc(Sc2ccc(Cl)cc2)o1)c1cccnc1Cl. The van der Waals surface area contributed by atoms with Gasteiger partial charge in [-0.2, -0.15) is 5.10 Å². The summed E-state index contributed by atoms with van der Waals surface area (Å²) in [7, 11) is 0. The van der Waals surface area contributed by atoms with Gasteiger partial charge in [0.25, 0.3) is 5.91 Å². The minimum atomic E-state index is -0.448. The third-order valence-corrected chi connectivity index (χ3v) is 4.48. The predicted molar refractivity (Wildman–Crippen MR) is 98.6 cm³/mol. The molecule has 0 aliphatic rings. The van der Waals surface area contributed by atoms with Crippen LogP contribution in [0.15, 0.2) is 74.2 Å². The zero-order valence-electron chi connectivity index (χ0n) is 12.6. The number of furan rings is 1. The molecule has 0 aliphatic carbocycles. The Balaban J connectivity index is 1.59. The number of amides is 1. The molecule has 1 aromatic carbocycles. The van der Waals surface area contributed by atoms with Crippen LogP contribution < -0.4 is 5.43 Å². The third kappa shape index (κ3) is 4.85. The molecule has 0 radical (unpaired) electrons. The quantitative estimate of drug-likeness (QED) is 0.381. The van der Waals surface area contributed by atoms with Gasteiger partial charge in [0.2, 0.25) is 0 Å². The highest BCUT2D eigenvalue weighted by Crippen LogP contribution is 2.29. The maximum absolute atomic E-state index is 11.9. The number of carbonyl (C=O) groups is 1. The fourth-order valence-corrected chi connectivity index (χ4v) is 2.96. The van der Waals surface area contributed by atoms with Gasteiger partial charge in [-0.05, 0) is 48.5 Å². The zero-order chi connectivity index (χ0) is 17.6. The smallest absolute Gasteiger partial charge is 0.274 e. The Hall–Kier alpha value is -2.28. The molecule has 2 heterocycles. The number of nitrogens with zero attached hydrogens (tertiary/aromatic N) is 2. The van der Waals surface area contributed by atoms with Gasteiger partial charge in [-0.15, -0.1) is 0 Å². The van der Waals surface area contributed by atoms with Crippen LogP contribution in [0.2, 0.25) is 10.2 Å². The lowest BCUT2D eigenvalue weighted by Gasteiger charge is -2.00. The highest BCUT2D eigenvalue weighted by atomic mass is 35.5. The minimum Gasteiger partial charge on any atom is -0.448 e. The average Bonchev–Trinajstić information content (AvgIpc) is 3.04. The molecule has 0 fully saturated rings. The van der Waals surface area contributed by atoms with Crippen molar-refractivity contribution in [3.05, 3.63) is 76.2 Å². The van der Waals surface area contributed by atoms with Crippen molar-refractivity contribution < 1.29 is 9.21 Å². The molecule has 126 valence electrons. The van der Waals surface area contributed by atoms with E-state index in [-0.39, 0.29) is 10.7 Å². The summed E-state index contributed by atoms with van der Waals surface area (Å²) in [5.41, 5.74) is 2.63. The van der Waals surface area contributed by atoms with E-state index >= 15 is 0 Å². The predicted octanol–water partition coefficient (Wildman–Crippen LogP) is 4.90. The minimum absolute atomic E-state index is 0.120. The molecule has 3 rings (SSSR count). The van der Waals surface area contributed by atoms with Crippen LogP contribution in [0, 0.1) is 0 Å². The van der Waals surface area contributed by atoms with Crippen LogP contribution in [0.5, 0.6) is 0 Å². The monoisotopic (exact) mass is 391 g/mol. The van der Waals surface area contributed by atoms with Crippen LogP contribution in [0.3, 0.4) is 0 Å². The molecule has 1 amide bonds. The number of hydrogen-bond acceptors (Lipinski definition) is 5. The van der Waals surface area contributed by atoms with Crippen LogP contribution in [0.1, 0.15) is 16.1 Å². The van der Waals surface area contributed by atoms with E-state index in [2.05, 4.69) is 15.5 Å². The van der Waals surface area contributed by atoms with Crippen molar-refractivity contribution in [2.75, 3.05) is 0 Å². The summed E-state index contributed by atoms with van der Waals surface area (Å²) in [6, 6.07) is 14.2. The molecule has 3 aromatic rings. The Kier molecular flexibility index (Phi) is 5.75. The molecule has 0 atom stereocenters. The van der Waals surface area contributed by atoms with E-state index in [4.69, 9.17) is 27.6 Å². The van der Waals surface area contributed by atoms with Gasteiger partial charge >= 0.3 is 0 Å². The molecular formula is C17H11Cl2N3O2S. The first-order chi connectivity index (χ1) is 12.1. The van der Waals surface area contributed by atoms with E-state index in [0.717, 1.165) is 4.90 Å². The molecule has 0 saturated carbocycles. The van der Waals surface area contributed by atoms with Crippen molar-refractivity contribution in [2.45, 2.75) is 9.99 Å². The van der Waals surface area contributed by atoms with Crippen LogP contribution >= 0.6 is 35.0 Å². The maximum Gasteiger partial charge on any atom is 0.274 e. The lowest BCUT2D eigenvalue weighted by molar-refractivity contribution is 0.0955. The van der Waals surface area contributed by atoms with Gasteiger partial charge in [-0.25, -0.2) is 10.4 Å². The lowest BCUT2D eigenvalue weighted by atomic mass is 10.3. The Morgan fingerprint density at radius 2 is 1.96 bits per heavy atom. The van der Waals surface area contributed by atoms with Crippen molar-refractivity contribution in [1.29, 1.82) is 0 Å². The van der Waals surface area contributed by atoms with Crippen molar-refractivity contribution in [1.82, 2.24) is 10.4 Å². The topological polar surface area (TPSA) is 67.5 Å². The van der Waals surface area contributed by atoms with Crippen LogP contribution in [-0.2, 0) is 0 Å². The Bertz CT molecular complexity index is 910. The number of benzene rings is 1. The summed E-state index contributed by atoms with van der Waals surface area (Å²) >= 11 is 13.2. The number of carbonyl (C=O) groups excluding carboxylic acids is 1. The first-order valence-electron chi connectivity index (χ1n) is 7.09. The second-order valence-electron chi connectivity index (χ2n) is 4.75. The summed E-state index contributed by atoms with van der Waals surface area (Å²) in [5, 5.41) is 5.36. The summed E-state index contributed by atoms with van der Waals surface area (Å²) in [6.07, 6.45) is 2.92. The number of aromatic nitrogens is 1. The van der Waals surface area contributed by atoms with E-state index in [0.29, 0.717) is 15.9 Å². The molecule has 1 N–H and O–H groups in total. The summed E-state index contributed by atoms with van der Waals surface area (Å²) in [4.78, 5) is 16.8. The molecule has 5 nitrogen and oxygen atoms in total. The van der Waals surface area contributed by atoms with Crippen molar-refractivity contribution in [3.8, 4) is 0 Å². The number of rotatable bonds is 5. The van der Waals surface area contributed by atoms with Crippen molar-refractivity contribution in [3.63, 3.8) is 0 Å². The number of hydrazone groups is 1. The highest BCUT2D eigenvalue weighted by Gasteiger charge is 2.09. The van der Waals surface area contributed by atoms with Gasteiger partial charge in [0, 0.05) is 16.1 Å². The Morgan fingerprint density at radius 3 is 2.72 bits per heavy atom. The average molecular weight is 392 g/mol. The van der Waals surface area contributed by atoms with Crippen LogP contribution in [0.4, 0.5) is 0 Å². The summed E-state index contributed by atoms with van der Waals surface area (Å²) < 4.78 is 5.62.